The van der Waals surface area contributed by atoms with Gasteiger partial charge in [-0.1, -0.05) is 49.0 Å². The zero-order chi connectivity index (χ0) is 11.9. The van der Waals surface area contributed by atoms with Crippen LogP contribution in [0.3, 0.4) is 0 Å². The number of amides is 1. The molecule has 0 saturated carbocycles. The third-order valence-corrected chi connectivity index (χ3v) is 2.80. The highest BCUT2D eigenvalue weighted by Crippen LogP contribution is 2.12. The Morgan fingerprint density at radius 2 is 2.07 bits per heavy atom. The first-order valence-electron chi connectivity index (χ1n) is 5.46. The quantitative estimate of drug-likeness (QED) is 0.553. The van der Waals surface area contributed by atoms with Crippen molar-refractivity contribution in [1.29, 1.82) is 0 Å². The number of carbonyl (C=O) groups excluding carboxylic acids is 1. The topological polar surface area (TPSA) is 29.1 Å². The molecule has 0 heterocycles. The number of carbonyl (C=O) groups is 1. The van der Waals surface area contributed by atoms with Gasteiger partial charge in [-0.3, -0.25) is 4.79 Å². The second-order valence-electron chi connectivity index (χ2n) is 3.89. The number of hydrogen-bond donors (Lipinski definition) is 1. The fourth-order valence-corrected chi connectivity index (χ4v) is 1.46. The largest absolute Gasteiger partial charge is 0.356 e. The third-order valence-electron chi connectivity index (χ3n) is 2.44. The van der Waals surface area contributed by atoms with E-state index in [0.717, 1.165) is 12.8 Å². The van der Waals surface area contributed by atoms with Crippen LogP contribution in [-0.4, -0.2) is 32.3 Å². The van der Waals surface area contributed by atoms with Crippen molar-refractivity contribution in [2.45, 2.75) is 43.7 Å². The molecule has 0 bridgehead atoms. The summed E-state index contributed by atoms with van der Waals surface area (Å²) >= 11 is 2.91. The normalized spacial score (nSPS) is 13.5. The highest BCUT2D eigenvalue weighted by Gasteiger charge is 2.22. The molecule has 4 radical (unpaired) electrons. The summed E-state index contributed by atoms with van der Waals surface area (Å²) in [6.45, 7) is 4.93. The monoisotopic (exact) mass is 269 g/mol. The second-order valence-corrected chi connectivity index (χ2v) is 5.21. The van der Waals surface area contributed by atoms with Crippen LogP contribution in [0.15, 0.2) is 0 Å². The Balaban J connectivity index is 3.85. The third kappa shape index (κ3) is 7.04. The molecular weight excluding hydrogens is 252 g/mol. The lowest BCUT2D eigenvalue weighted by Crippen LogP contribution is -2.44. The van der Waals surface area contributed by atoms with Crippen LogP contribution in [-0.2, 0) is 4.79 Å². The maximum absolute atomic E-state index is 11.4. The van der Waals surface area contributed by atoms with E-state index in [2.05, 4.69) is 35.1 Å². The Hall–Kier alpha value is 0.0799. The summed E-state index contributed by atoms with van der Waals surface area (Å²) in [5.74, 6) is 0.154. The maximum atomic E-state index is 11.4. The van der Waals surface area contributed by atoms with Crippen molar-refractivity contribution in [1.82, 2.24) is 5.32 Å². The van der Waals surface area contributed by atoms with E-state index < -0.39 is 4.12 Å². The van der Waals surface area contributed by atoms with Crippen LogP contribution >= 0.6 is 15.9 Å². The van der Waals surface area contributed by atoms with E-state index in [4.69, 9.17) is 15.7 Å². The molecule has 0 aliphatic heterocycles. The van der Waals surface area contributed by atoms with E-state index >= 15 is 0 Å². The van der Waals surface area contributed by atoms with Crippen LogP contribution in [0.4, 0.5) is 0 Å². The summed E-state index contributed by atoms with van der Waals surface area (Å²) in [4.78, 5) is 11.4. The van der Waals surface area contributed by atoms with Gasteiger partial charge in [-0.05, 0) is 12.3 Å². The molecule has 0 aliphatic rings. The molecular formula is C10H18B2BrNO. The van der Waals surface area contributed by atoms with Crippen molar-refractivity contribution in [2.24, 2.45) is 5.92 Å². The first-order chi connectivity index (χ1) is 6.91. The number of rotatable bonds is 7. The van der Waals surface area contributed by atoms with Gasteiger partial charge in [-0.25, -0.2) is 0 Å². The highest BCUT2D eigenvalue weighted by molar-refractivity contribution is 9.11. The van der Waals surface area contributed by atoms with Crippen molar-refractivity contribution >= 4 is 37.5 Å². The van der Waals surface area contributed by atoms with Gasteiger partial charge in [0.25, 0.3) is 0 Å². The highest BCUT2D eigenvalue weighted by atomic mass is 79.9. The van der Waals surface area contributed by atoms with Crippen molar-refractivity contribution in [3.05, 3.63) is 0 Å². The molecule has 2 nitrogen and oxygen atoms in total. The fraction of sp³-hybridized carbons (Fsp3) is 0.900. The van der Waals surface area contributed by atoms with Gasteiger partial charge < -0.3 is 5.32 Å². The van der Waals surface area contributed by atoms with E-state index in [9.17, 15) is 4.79 Å². The Morgan fingerprint density at radius 3 is 2.47 bits per heavy atom. The number of halogens is 1. The average molecular weight is 270 g/mol. The molecule has 0 rings (SSSR count). The van der Waals surface area contributed by atoms with Crippen LogP contribution in [0.1, 0.15) is 39.5 Å². The molecule has 0 spiro atoms. The smallest absolute Gasteiger partial charge is 0.219 e. The number of hydrogen-bond acceptors (Lipinski definition) is 1. The molecule has 0 saturated heterocycles. The van der Waals surface area contributed by atoms with Gasteiger partial charge in [-0.2, -0.15) is 0 Å². The number of alkyl halides is 1. The molecule has 15 heavy (non-hydrogen) atoms. The van der Waals surface area contributed by atoms with Gasteiger partial charge in [0, 0.05) is 10.7 Å². The molecule has 1 N–H and O–H groups in total. The van der Waals surface area contributed by atoms with Crippen LogP contribution in [0.5, 0.6) is 0 Å². The Bertz CT molecular complexity index is 194. The van der Waals surface area contributed by atoms with Crippen molar-refractivity contribution < 1.29 is 4.79 Å². The molecule has 1 unspecified atom stereocenters. The lowest BCUT2D eigenvalue weighted by molar-refractivity contribution is -0.120. The Kier molecular flexibility index (Phi) is 7.41. The van der Waals surface area contributed by atoms with Crippen LogP contribution in [0.25, 0.3) is 0 Å². The zero-order valence-electron chi connectivity index (χ0n) is 9.55. The lowest BCUT2D eigenvalue weighted by Gasteiger charge is -2.20. The molecule has 5 heteroatoms. The zero-order valence-corrected chi connectivity index (χ0v) is 11.1. The first-order valence-corrected chi connectivity index (χ1v) is 6.26. The Morgan fingerprint density at radius 1 is 1.47 bits per heavy atom. The van der Waals surface area contributed by atoms with Gasteiger partial charge in [-0.15, -0.1) is 0 Å². The summed E-state index contributed by atoms with van der Waals surface area (Å²) in [6.07, 6.45) is 4.57. The van der Waals surface area contributed by atoms with Crippen molar-refractivity contribution in [2.75, 3.05) is 6.54 Å². The Labute approximate surface area is 104 Å². The first kappa shape index (κ1) is 15.1. The summed E-state index contributed by atoms with van der Waals surface area (Å²) in [6, 6.07) is 0. The molecule has 82 valence electrons. The second kappa shape index (κ2) is 7.37. The molecule has 1 atom stereocenters. The van der Waals surface area contributed by atoms with E-state index in [1.807, 2.05) is 0 Å². The van der Waals surface area contributed by atoms with Crippen LogP contribution < -0.4 is 5.32 Å². The fourth-order valence-electron chi connectivity index (χ4n) is 1.32. The van der Waals surface area contributed by atoms with Crippen LogP contribution in [0.2, 0.25) is 0 Å². The van der Waals surface area contributed by atoms with E-state index in [1.165, 1.54) is 12.8 Å². The minimum atomic E-state index is -1.45. The molecule has 0 fully saturated rings. The van der Waals surface area contributed by atoms with E-state index in [0.29, 0.717) is 12.5 Å². The van der Waals surface area contributed by atoms with E-state index in [-0.39, 0.29) is 5.91 Å². The van der Waals surface area contributed by atoms with E-state index in [1.54, 1.807) is 0 Å². The molecule has 1 amide bonds. The SMILES string of the molecule is [B]C([B])(Br)C(=O)NCC(CC)CCCC. The van der Waals surface area contributed by atoms with Crippen molar-refractivity contribution in [3.63, 3.8) is 0 Å². The lowest BCUT2D eigenvalue weighted by atomic mass is 9.70. The summed E-state index contributed by atoms with van der Waals surface area (Å²) < 4.78 is -1.45. The van der Waals surface area contributed by atoms with Crippen LogP contribution in [0, 0.1) is 5.92 Å². The predicted octanol–water partition coefficient (Wildman–Crippen LogP) is 1.70. The van der Waals surface area contributed by atoms with Crippen molar-refractivity contribution in [3.8, 4) is 0 Å². The summed E-state index contributed by atoms with van der Waals surface area (Å²) in [5.41, 5.74) is 0. The molecule has 0 aromatic rings. The van der Waals surface area contributed by atoms with Gasteiger partial charge in [0.2, 0.25) is 5.91 Å². The minimum Gasteiger partial charge on any atom is -0.356 e. The van der Waals surface area contributed by atoms with Gasteiger partial charge in [0.05, 0.1) is 15.7 Å². The summed E-state index contributed by atoms with van der Waals surface area (Å²) in [7, 11) is 10.8. The standard InChI is InChI=1S/C10H18B2BrNO/c1-3-5-6-8(4-2)7-14-9(15)10(11,12)13/h8H,3-7H2,1-2H3,(H,14,15). The maximum Gasteiger partial charge on any atom is 0.219 e. The van der Waals surface area contributed by atoms with Gasteiger partial charge in [0.15, 0.2) is 0 Å². The number of unbranched alkanes of at least 4 members (excludes halogenated alkanes) is 1. The minimum absolute atomic E-state index is 0.363. The average Bonchev–Trinajstić information content (AvgIpc) is 2.16. The summed E-state index contributed by atoms with van der Waals surface area (Å²) in [5, 5.41) is 2.75. The van der Waals surface area contributed by atoms with Gasteiger partial charge >= 0.3 is 0 Å². The van der Waals surface area contributed by atoms with Gasteiger partial charge in [0.1, 0.15) is 0 Å². The molecule has 0 aliphatic carbocycles. The molecule has 0 aromatic heterocycles. The molecule has 0 aromatic carbocycles. The number of nitrogens with one attached hydrogen (secondary N) is 1. The predicted molar refractivity (Wildman–Crippen MR) is 69.5 cm³/mol.